The van der Waals surface area contributed by atoms with Gasteiger partial charge in [0.25, 0.3) is 5.91 Å². The zero-order valence-corrected chi connectivity index (χ0v) is 12.2. The lowest BCUT2D eigenvalue weighted by molar-refractivity contribution is 0.0940. The molecule has 100 valence electrons. The first-order chi connectivity index (χ1) is 9.19. The van der Waals surface area contributed by atoms with Gasteiger partial charge in [-0.2, -0.15) is 0 Å². The molecule has 2 rings (SSSR count). The molecule has 3 heteroatoms. The minimum Gasteiger partial charge on any atom is -0.349 e. The zero-order chi connectivity index (χ0) is 13.7. The molecule has 0 bridgehead atoms. The number of carbonyl (C=O) groups excluding carboxylic acids is 1. The molecule has 1 aromatic carbocycles. The highest BCUT2D eigenvalue weighted by molar-refractivity contribution is 7.09. The van der Waals surface area contributed by atoms with E-state index in [4.69, 9.17) is 0 Å². The van der Waals surface area contributed by atoms with E-state index >= 15 is 0 Å². The average molecular weight is 273 g/mol. The maximum absolute atomic E-state index is 12.1. The van der Waals surface area contributed by atoms with Crippen LogP contribution in [-0.4, -0.2) is 11.9 Å². The predicted octanol–water partition coefficient (Wildman–Crippen LogP) is 3.67. The quantitative estimate of drug-likeness (QED) is 0.884. The Bertz CT molecular complexity index is 516. The summed E-state index contributed by atoms with van der Waals surface area (Å²) in [7, 11) is 0. The fraction of sp³-hybridized carbons (Fsp3) is 0.312. The van der Waals surface area contributed by atoms with Crippen LogP contribution in [0.1, 0.15) is 34.6 Å². The first kappa shape index (κ1) is 13.8. The van der Waals surface area contributed by atoms with Crippen molar-refractivity contribution in [1.29, 1.82) is 0 Å². The molecule has 2 aromatic rings. The van der Waals surface area contributed by atoms with Gasteiger partial charge in [-0.05, 0) is 42.5 Å². The number of aryl methyl sites for hydroxylation is 1. The molecule has 19 heavy (non-hydrogen) atoms. The summed E-state index contributed by atoms with van der Waals surface area (Å²) in [5, 5.41) is 5.10. The van der Waals surface area contributed by atoms with Gasteiger partial charge in [-0.1, -0.05) is 25.1 Å². The van der Waals surface area contributed by atoms with Crippen molar-refractivity contribution in [3.05, 3.63) is 57.8 Å². The second-order valence-corrected chi connectivity index (χ2v) is 5.74. The lowest BCUT2D eigenvalue weighted by Crippen LogP contribution is -2.33. The maximum atomic E-state index is 12.1. The van der Waals surface area contributed by atoms with Crippen molar-refractivity contribution >= 4 is 17.2 Å². The standard InChI is InChI=1S/C16H19NOS/c1-3-13-6-8-14(9-7-13)16(18)17-12(2)11-15-5-4-10-19-15/h4-10,12H,3,11H2,1-2H3,(H,17,18). The van der Waals surface area contributed by atoms with Crippen molar-refractivity contribution in [2.45, 2.75) is 32.7 Å². The maximum Gasteiger partial charge on any atom is 0.251 e. The van der Waals surface area contributed by atoms with Gasteiger partial charge in [-0.25, -0.2) is 0 Å². The van der Waals surface area contributed by atoms with E-state index in [1.807, 2.05) is 37.3 Å². The summed E-state index contributed by atoms with van der Waals surface area (Å²) in [4.78, 5) is 13.4. The molecule has 0 aliphatic rings. The molecular weight excluding hydrogens is 254 g/mol. The smallest absolute Gasteiger partial charge is 0.251 e. The lowest BCUT2D eigenvalue weighted by Gasteiger charge is -2.13. The van der Waals surface area contributed by atoms with Gasteiger partial charge in [0.15, 0.2) is 0 Å². The number of thiophene rings is 1. The minimum absolute atomic E-state index is 0.00621. The van der Waals surface area contributed by atoms with Crippen molar-refractivity contribution in [1.82, 2.24) is 5.32 Å². The molecular formula is C16H19NOS. The number of carbonyl (C=O) groups is 1. The zero-order valence-electron chi connectivity index (χ0n) is 11.3. The van der Waals surface area contributed by atoms with E-state index in [0.29, 0.717) is 0 Å². The monoisotopic (exact) mass is 273 g/mol. The Morgan fingerprint density at radius 3 is 2.58 bits per heavy atom. The highest BCUT2D eigenvalue weighted by Crippen LogP contribution is 2.11. The number of rotatable bonds is 5. The number of nitrogens with one attached hydrogen (secondary N) is 1. The van der Waals surface area contributed by atoms with Gasteiger partial charge in [0.2, 0.25) is 0 Å². The first-order valence-electron chi connectivity index (χ1n) is 6.61. The normalized spacial score (nSPS) is 12.1. The summed E-state index contributed by atoms with van der Waals surface area (Å²) in [6.45, 7) is 4.15. The van der Waals surface area contributed by atoms with Crippen LogP contribution in [0.25, 0.3) is 0 Å². The molecule has 1 amide bonds. The molecule has 1 N–H and O–H groups in total. The van der Waals surface area contributed by atoms with Crippen LogP contribution >= 0.6 is 11.3 Å². The second-order valence-electron chi connectivity index (χ2n) is 4.71. The van der Waals surface area contributed by atoms with Crippen LogP contribution < -0.4 is 5.32 Å². The summed E-state index contributed by atoms with van der Waals surface area (Å²) < 4.78 is 0. The second kappa shape index (κ2) is 6.53. The first-order valence-corrected chi connectivity index (χ1v) is 7.49. The molecule has 1 heterocycles. The summed E-state index contributed by atoms with van der Waals surface area (Å²) in [6, 6.07) is 12.1. The van der Waals surface area contributed by atoms with Gasteiger partial charge in [0.1, 0.15) is 0 Å². The number of benzene rings is 1. The third-order valence-electron chi connectivity index (χ3n) is 3.09. The van der Waals surface area contributed by atoms with E-state index in [0.717, 1.165) is 18.4 Å². The van der Waals surface area contributed by atoms with Crippen molar-refractivity contribution in [2.24, 2.45) is 0 Å². The third kappa shape index (κ3) is 3.93. The van der Waals surface area contributed by atoms with Crippen LogP contribution in [0.5, 0.6) is 0 Å². The van der Waals surface area contributed by atoms with E-state index in [1.54, 1.807) is 11.3 Å². The molecule has 0 saturated carbocycles. The Kier molecular flexibility index (Phi) is 4.74. The molecule has 0 saturated heterocycles. The van der Waals surface area contributed by atoms with Crippen LogP contribution in [0.4, 0.5) is 0 Å². The topological polar surface area (TPSA) is 29.1 Å². The SMILES string of the molecule is CCc1ccc(C(=O)NC(C)Cc2cccs2)cc1. The Labute approximate surface area is 118 Å². The van der Waals surface area contributed by atoms with Crippen LogP contribution in [-0.2, 0) is 12.8 Å². The van der Waals surface area contributed by atoms with E-state index in [-0.39, 0.29) is 11.9 Å². The fourth-order valence-electron chi connectivity index (χ4n) is 1.98. The number of hydrogen-bond acceptors (Lipinski definition) is 2. The molecule has 0 aliphatic carbocycles. The summed E-state index contributed by atoms with van der Waals surface area (Å²) in [5.74, 6) is 0.00621. The Hall–Kier alpha value is -1.61. The summed E-state index contributed by atoms with van der Waals surface area (Å²) in [6.07, 6.45) is 1.88. The largest absolute Gasteiger partial charge is 0.349 e. The van der Waals surface area contributed by atoms with E-state index in [2.05, 4.69) is 23.7 Å². The average Bonchev–Trinajstić information content (AvgIpc) is 2.91. The summed E-state index contributed by atoms with van der Waals surface area (Å²) >= 11 is 1.73. The molecule has 0 aliphatic heterocycles. The highest BCUT2D eigenvalue weighted by Gasteiger charge is 2.10. The molecule has 1 unspecified atom stereocenters. The van der Waals surface area contributed by atoms with Gasteiger partial charge in [-0.15, -0.1) is 11.3 Å². The minimum atomic E-state index is 0.00621. The molecule has 0 radical (unpaired) electrons. The predicted molar refractivity (Wildman–Crippen MR) is 80.8 cm³/mol. The Morgan fingerprint density at radius 1 is 1.26 bits per heavy atom. The van der Waals surface area contributed by atoms with E-state index in [1.165, 1.54) is 10.4 Å². The van der Waals surface area contributed by atoms with Crippen molar-refractivity contribution in [3.63, 3.8) is 0 Å². The van der Waals surface area contributed by atoms with Crippen LogP contribution in [0.15, 0.2) is 41.8 Å². The molecule has 0 spiro atoms. The van der Waals surface area contributed by atoms with Gasteiger partial charge >= 0.3 is 0 Å². The lowest BCUT2D eigenvalue weighted by atomic mass is 10.1. The van der Waals surface area contributed by atoms with E-state index in [9.17, 15) is 4.79 Å². The van der Waals surface area contributed by atoms with Gasteiger partial charge in [-0.3, -0.25) is 4.79 Å². The number of hydrogen-bond donors (Lipinski definition) is 1. The highest BCUT2D eigenvalue weighted by atomic mass is 32.1. The molecule has 1 aromatic heterocycles. The van der Waals surface area contributed by atoms with Gasteiger partial charge < -0.3 is 5.32 Å². The van der Waals surface area contributed by atoms with E-state index < -0.39 is 0 Å². The Balaban J connectivity index is 1.92. The fourth-order valence-corrected chi connectivity index (χ4v) is 2.82. The molecule has 1 atom stereocenters. The van der Waals surface area contributed by atoms with Crippen molar-refractivity contribution in [2.75, 3.05) is 0 Å². The van der Waals surface area contributed by atoms with Gasteiger partial charge in [0, 0.05) is 22.9 Å². The molecule has 0 fully saturated rings. The number of amides is 1. The molecule has 2 nitrogen and oxygen atoms in total. The van der Waals surface area contributed by atoms with Crippen LogP contribution in [0, 0.1) is 0 Å². The van der Waals surface area contributed by atoms with Crippen molar-refractivity contribution < 1.29 is 4.79 Å². The van der Waals surface area contributed by atoms with Crippen LogP contribution in [0.3, 0.4) is 0 Å². The van der Waals surface area contributed by atoms with Gasteiger partial charge in [0.05, 0.1) is 0 Å². The Morgan fingerprint density at radius 2 is 2.00 bits per heavy atom. The van der Waals surface area contributed by atoms with Crippen molar-refractivity contribution in [3.8, 4) is 0 Å². The summed E-state index contributed by atoms with van der Waals surface area (Å²) in [5.41, 5.74) is 1.98. The van der Waals surface area contributed by atoms with Crippen LogP contribution in [0.2, 0.25) is 0 Å². The third-order valence-corrected chi connectivity index (χ3v) is 3.99.